The lowest BCUT2D eigenvalue weighted by atomic mass is 10.1. The number of anilines is 1. The van der Waals surface area contributed by atoms with Crippen molar-refractivity contribution in [2.45, 2.75) is 6.92 Å². The van der Waals surface area contributed by atoms with Gasteiger partial charge in [0.05, 0.1) is 6.54 Å². The molecule has 2 aromatic carbocycles. The first kappa shape index (κ1) is 14.7. The van der Waals surface area contributed by atoms with E-state index in [0.717, 1.165) is 10.2 Å². The van der Waals surface area contributed by atoms with E-state index in [1.807, 2.05) is 24.0 Å². The van der Waals surface area contributed by atoms with Crippen molar-refractivity contribution in [3.63, 3.8) is 0 Å². The van der Waals surface area contributed by atoms with E-state index < -0.39 is 0 Å². The van der Waals surface area contributed by atoms with Gasteiger partial charge in [-0.2, -0.15) is 0 Å². The monoisotopic (exact) mass is 335 g/mol. The Morgan fingerprint density at radius 3 is 2.60 bits per heavy atom. The van der Waals surface area contributed by atoms with E-state index in [9.17, 15) is 9.18 Å². The molecule has 0 fully saturated rings. The fraction of sp³-hybridized carbons (Fsp3) is 0.188. The highest BCUT2D eigenvalue weighted by Gasteiger charge is 2.12. The Morgan fingerprint density at radius 1 is 1.20 bits per heavy atom. The van der Waals surface area contributed by atoms with Gasteiger partial charge in [0, 0.05) is 22.3 Å². The Hall–Kier alpha value is -1.68. The molecule has 0 amide bonds. The van der Waals surface area contributed by atoms with Crippen LogP contribution in [0, 0.1) is 5.82 Å². The third-order valence-electron chi connectivity index (χ3n) is 3.04. The first-order chi connectivity index (χ1) is 9.60. The predicted octanol–water partition coefficient (Wildman–Crippen LogP) is 4.30. The van der Waals surface area contributed by atoms with Crippen molar-refractivity contribution in [3.05, 3.63) is 64.4 Å². The van der Waals surface area contributed by atoms with Crippen molar-refractivity contribution in [3.8, 4) is 0 Å². The fourth-order valence-corrected chi connectivity index (χ4v) is 2.38. The minimum Gasteiger partial charge on any atom is -0.364 e. The molecule has 0 saturated carbocycles. The lowest BCUT2D eigenvalue weighted by molar-refractivity contribution is 0.0999. The molecule has 0 heterocycles. The standard InChI is InChI=1S/C16H15BrFNO/c1-2-19(15-8-4-7-14(18)10-15)11-16(20)12-5-3-6-13(17)9-12/h3-10H,2,11H2,1H3. The number of halogens is 2. The summed E-state index contributed by atoms with van der Waals surface area (Å²) in [6.45, 7) is 2.82. The van der Waals surface area contributed by atoms with E-state index >= 15 is 0 Å². The number of rotatable bonds is 5. The smallest absolute Gasteiger partial charge is 0.182 e. The topological polar surface area (TPSA) is 20.3 Å². The second-order valence-electron chi connectivity index (χ2n) is 4.43. The molecule has 20 heavy (non-hydrogen) atoms. The highest BCUT2D eigenvalue weighted by Crippen LogP contribution is 2.17. The summed E-state index contributed by atoms with van der Waals surface area (Å²) in [4.78, 5) is 14.1. The van der Waals surface area contributed by atoms with E-state index in [-0.39, 0.29) is 18.1 Å². The van der Waals surface area contributed by atoms with E-state index in [1.165, 1.54) is 12.1 Å². The van der Waals surface area contributed by atoms with Gasteiger partial charge in [0.25, 0.3) is 0 Å². The molecule has 0 atom stereocenters. The Balaban J connectivity index is 2.16. The van der Waals surface area contributed by atoms with Gasteiger partial charge >= 0.3 is 0 Å². The molecular formula is C16H15BrFNO. The first-order valence-electron chi connectivity index (χ1n) is 6.39. The number of ketones is 1. The molecule has 2 nitrogen and oxygen atoms in total. The molecule has 2 aromatic rings. The van der Waals surface area contributed by atoms with Crippen LogP contribution in [-0.2, 0) is 0 Å². The third-order valence-corrected chi connectivity index (χ3v) is 3.53. The summed E-state index contributed by atoms with van der Waals surface area (Å²) in [7, 11) is 0. The number of likely N-dealkylation sites (N-methyl/N-ethyl adjacent to an activating group) is 1. The number of hydrogen-bond donors (Lipinski definition) is 0. The molecule has 0 saturated heterocycles. The maximum Gasteiger partial charge on any atom is 0.182 e. The molecule has 0 radical (unpaired) electrons. The van der Waals surface area contributed by atoms with Gasteiger partial charge in [0.1, 0.15) is 5.82 Å². The molecule has 0 N–H and O–H groups in total. The summed E-state index contributed by atoms with van der Waals surface area (Å²) in [6.07, 6.45) is 0. The van der Waals surface area contributed by atoms with E-state index in [0.29, 0.717) is 12.1 Å². The van der Waals surface area contributed by atoms with Crippen molar-refractivity contribution in [1.82, 2.24) is 0 Å². The average Bonchev–Trinajstić information content (AvgIpc) is 2.44. The molecule has 0 aliphatic heterocycles. The van der Waals surface area contributed by atoms with Crippen LogP contribution in [0.1, 0.15) is 17.3 Å². The van der Waals surface area contributed by atoms with Crippen LogP contribution in [-0.4, -0.2) is 18.9 Å². The van der Waals surface area contributed by atoms with Crippen molar-refractivity contribution in [2.75, 3.05) is 18.0 Å². The molecule has 0 aliphatic rings. The minimum atomic E-state index is -0.296. The van der Waals surface area contributed by atoms with Crippen molar-refractivity contribution >= 4 is 27.4 Å². The molecule has 0 spiro atoms. The Bertz CT molecular complexity index is 615. The summed E-state index contributed by atoms with van der Waals surface area (Å²) in [6, 6.07) is 13.6. The van der Waals surface area contributed by atoms with E-state index in [2.05, 4.69) is 15.9 Å². The summed E-state index contributed by atoms with van der Waals surface area (Å²) < 4.78 is 14.1. The van der Waals surface area contributed by atoms with Crippen molar-refractivity contribution in [2.24, 2.45) is 0 Å². The Labute approximate surface area is 126 Å². The van der Waals surface area contributed by atoms with Gasteiger partial charge in [-0.05, 0) is 37.3 Å². The zero-order valence-electron chi connectivity index (χ0n) is 11.1. The molecule has 0 aliphatic carbocycles. The number of nitrogens with zero attached hydrogens (tertiary/aromatic N) is 1. The lowest BCUT2D eigenvalue weighted by Gasteiger charge is -2.22. The van der Waals surface area contributed by atoms with Crippen LogP contribution in [0.25, 0.3) is 0 Å². The largest absolute Gasteiger partial charge is 0.364 e. The van der Waals surface area contributed by atoms with Crippen LogP contribution in [0.3, 0.4) is 0 Å². The zero-order chi connectivity index (χ0) is 14.5. The molecule has 0 aromatic heterocycles. The maximum atomic E-state index is 13.3. The first-order valence-corrected chi connectivity index (χ1v) is 7.18. The normalized spacial score (nSPS) is 10.3. The van der Waals surface area contributed by atoms with Crippen molar-refractivity contribution < 1.29 is 9.18 Å². The summed E-state index contributed by atoms with van der Waals surface area (Å²) in [5, 5.41) is 0. The highest BCUT2D eigenvalue weighted by molar-refractivity contribution is 9.10. The number of hydrogen-bond acceptors (Lipinski definition) is 2. The lowest BCUT2D eigenvalue weighted by Crippen LogP contribution is -2.29. The number of benzene rings is 2. The summed E-state index contributed by atoms with van der Waals surface area (Å²) in [5.41, 5.74) is 1.37. The van der Waals surface area contributed by atoms with Gasteiger partial charge in [-0.15, -0.1) is 0 Å². The third kappa shape index (κ3) is 3.67. The summed E-state index contributed by atoms with van der Waals surface area (Å²) >= 11 is 3.35. The Morgan fingerprint density at radius 2 is 1.95 bits per heavy atom. The van der Waals surface area contributed by atoms with Crippen LogP contribution in [0.4, 0.5) is 10.1 Å². The van der Waals surface area contributed by atoms with Gasteiger partial charge in [-0.1, -0.05) is 34.1 Å². The summed E-state index contributed by atoms with van der Waals surface area (Å²) in [5.74, 6) is -0.284. The van der Waals surface area contributed by atoms with Gasteiger partial charge in [0.2, 0.25) is 0 Å². The minimum absolute atomic E-state index is 0.0115. The van der Waals surface area contributed by atoms with E-state index in [1.54, 1.807) is 24.3 Å². The number of Topliss-reactive ketones (excluding diaryl/α,β-unsaturated/α-hetero) is 1. The van der Waals surface area contributed by atoms with Crippen LogP contribution in [0.5, 0.6) is 0 Å². The van der Waals surface area contributed by atoms with E-state index in [4.69, 9.17) is 0 Å². The highest BCUT2D eigenvalue weighted by atomic mass is 79.9. The van der Waals surface area contributed by atoms with Gasteiger partial charge in [-0.3, -0.25) is 4.79 Å². The van der Waals surface area contributed by atoms with Crippen LogP contribution in [0.2, 0.25) is 0 Å². The quantitative estimate of drug-likeness (QED) is 0.759. The van der Waals surface area contributed by atoms with Crippen molar-refractivity contribution in [1.29, 1.82) is 0 Å². The molecule has 4 heteroatoms. The molecule has 0 unspecified atom stereocenters. The van der Waals surface area contributed by atoms with Crippen LogP contribution < -0.4 is 4.90 Å². The molecule has 104 valence electrons. The van der Waals surface area contributed by atoms with Gasteiger partial charge in [0.15, 0.2) is 5.78 Å². The SMILES string of the molecule is CCN(CC(=O)c1cccc(Br)c1)c1cccc(F)c1. The average molecular weight is 336 g/mol. The van der Waals surface area contributed by atoms with Gasteiger partial charge < -0.3 is 4.90 Å². The number of carbonyl (C=O) groups excluding carboxylic acids is 1. The number of carbonyl (C=O) groups is 1. The second-order valence-corrected chi connectivity index (χ2v) is 5.34. The molecular weight excluding hydrogens is 321 g/mol. The van der Waals surface area contributed by atoms with Gasteiger partial charge in [-0.25, -0.2) is 4.39 Å². The second kappa shape index (κ2) is 6.66. The Kier molecular flexibility index (Phi) is 4.90. The maximum absolute atomic E-state index is 13.3. The molecule has 0 bridgehead atoms. The fourth-order valence-electron chi connectivity index (χ4n) is 1.99. The van der Waals surface area contributed by atoms with Crippen LogP contribution >= 0.6 is 15.9 Å². The zero-order valence-corrected chi connectivity index (χ0v) is 12.7. The molecule has 2 rings (SSSR count). The predicted molar refractivity (Wildman–Crippen MR) is 82.8 cm³/mol. The van der Waals surface area contributed by atoms with Crippen LogP contribution in [0.15, 0.2) is 53.0 Å².